The number of thiophene rings is 1. The normalized spacial score (nSPS) is 13.3. The van der Waals surface area contributed by atoms with E-state index >= 15 is 0 Å². The van der Waals surface area contributed by atoms with E-state index in [0.717, 1.165) is 32.5 Å². The second-order valence-corrected chi connectivity index (χ2v) is 5.47. The summed E-state index contributed by atoms with van der Waals surface area (Å²) in [7, 11) is 0. The molecular formula is C15H18N2S. The van der Waals surface area contributed by atoms with Gasteiger partial charge in [-0.15, -0.1) is 0 Å². The van der Waals surface area contributed by atoms with Crippen molar-refractivity contribution in [3.63, 3.8) is 0 Å². The fraction of sp³-hybridized carbons (Fsp3) is 0.333. The van der Waals surface area contributed by atoms with E-state index in [0.29, 0.717) is 0 Å². The molecule has 1 aliphatic rings. The van der Waals surface area contributed by atoms with Crippen LogP contribution in [0.25, 0.3) is 0 Å². The van der Waals surface area contributed by atoms with Crippen LogP contribution in [0, 0.1) is 0 Å². The highest BCUT2D eigenvalue weighted by Crippen LogP contribution is 2.26. The fourth-order valence-corrected chi connectivity index (χ4v) is 3.15. The third kappa shape index (κ3) is 2.57. The first kappa shape index (κ1) is 11.8. The highest BCUT2D eigenvalue weighted by Gasteiger charge is 2.12. The summed E-state index contributed by atoms with van der Waals surface area (Å²) in [5.41, 5.74) is 5.66. The highest BCUT2D eigenvalue weighted by atomic mass is 32.1. The average molecular weight is 258 g/mol. The summed E-state index contributed by atoms with van der Waals surface area (Å²) in [5, 5.41) is 11.4. The van der Waals surface area contributed by atoms with E-state index < -0.39 is 0 Å². The number of anilines is 1. The molecule has 94 valence electrons. The van der Waals surface area contributed by atoms with Gasteiger partial charge in [0.25, 0.3) is 0 Å². The monoisotopic (exact) mass is 258 g/mol. The van der Waals surface area contributed by atoms with Crippen LogP contribution in [0.4, 0.5) is 5.69 Å². The summed E-state index contributed by atoms with van der Waals surface area (Å²) in [5.74, 6) is 0. The second kappa shape index (κ2) is 5.55. The van der Waals surface area contributed by atoms with Gasteiger partial charge in [-0.2, -0.15) is 11.3 Å². The standard InChI is InChI=1S/C15H18N2S/c1-2-13-5-8-17-15(13)14(3-1)10-16-7-4-12-6-9-18-11-12/h1-3,6,9,11,16-17H,4-5,7-8,10H2. The molecule has 1 aromatic carbocycles. The van der Waals surface area contributed by atoms with Crippen LogP contribution in [0.1, 0.15) is 16.7 Å². The molecular weight excluding hydrogens is 240 g/mol. The van der Waals surface area contributed by atoms with Crippen molar-refractivity contribution in [2.24, 2.45) is 0 Å². The van der Waals surface area contributed by atoms with E-state index in [1.807, 2.05) is 0 Å². The summed E-state index contributed by atoms with van der Waals surface area (Å²) in [6.45, 7) is 3.09. The molecule has 0 aliphatic carbocycles. The minimum atomic E-state index is 0.959. The van der Waals surface area contributed by atoms with Gasteiger partial charge in [0.15, 0.2) is 0 Å². The van der Waals surface area contributed by atoms with Gasteiger partial charge in [0, 0.05) is 18.8 Å². The zero-order chi connectivity index (χ0) is 12.2. The maximum absolute atomic E-state index is 3.53. The highest BCUT2D eigenvalue weighted by molar-refractivity contribution is 7.07. The first-order chi connectivity index (χ1) is 8.93. The van der Waals surface area contributed by atoms with Crippen molar-refractivity contribution in [2.75, 3.05) is 18.4 Å². The summed E-state index contributed by atoms with van der Waals surface area (Å²) in [6.07, 6.45) is 2.28. The van der Waals surface area contributed by atoms with Crippen molar-refractivity contribution in [3.05, 3.63) is 51.7 Å². The van der Waals surface area contributed by atoms with Gasteiger partial charge < -0.3 is 10.6 Å². The number of rotatable bonds is 5. The molecule has 0 amide bonds. The SMILES string of the molecule is c1cc2c(c(CNCCc3ccsc3)c1)NCC2. The Balaban J connectivity index is 1.53. The van der Waals surface area contributed by atoms with Crippen molar-refractivity contribution in [2.45, 2.75) is 19.4 Å². The quantitative estimate of drug-likeness (QED) is 0.806. The zero-order valence-corrected chi connectivity index (χ0v) is 11.2. The van der Waals surface area contributed by atoms with Gasteiger partial charge in [0.05, 0.1) is 0 Å². The van der Waals surface area contributed by atoms with E-state index in [1.165, 1.54) is 22.4 Å². The molecule has 0 atom stereocenters. The first-order valence-corrected chi connectivity index (χ1v) is 7.44. The lowest BCUT2D eigenvalue weighted by Crippen LogP contribution is -2.17. The van der Waals surface area contributed by atoms with Crippen molar-refractivity contribution < 1.29 is 0 Å². The van der Waals surface area contributed by atoms with Gasteiger partial charge in [-0.3, -0.25) is 0 Å². The van der Waals surface area contributed by atoms with E-state index in [1.54, 1.807) is 11.3 Å². The lowest BCUT2D eigenvalue weighted by Gasteiger charge is -2.09. The maximum atomic E-state index is 3.53. The van der Waals surface area contributed by atoms with E-state index in [-0.39, 0.29) is 0 Å². The van der Waals surface area contributed by atoms with Gasteiger partial charge in [-0.05, 0) is 52.9 Å². The minimum absolute atomic E-state index is 0.959. The Labute approximate surface area is 112 Å². The number of hydrogen-bond acceptors (Lipinski definition) is 3. The molecule has 0 bridgehead atoms. The van der Waals surface area contributed by atoms with Crippen molar-refractivity contribution in [1.29, 1.82) is 0 Å². The molecule has 0 fully saturated rings. The molecule has 0 saturated heterocycles. The third-order valence-electron chi connectivity index (χ3n) is 3.42. The number of para-hydroxylation sites is 1. The van der Waals surface area contributed by atoms with Crippen molar-refractivity contribution in [1.82, 2.24) is 5.32 Å². The molecule has 2 nitrogen and oxygen atoms in total. The summed E-state index contributed by atoms with van der Waals surface area (Å²) < 4.78 is 0. The van der Waals surface area contributed by atoms with Gasteiger partial charge in [0.1, 0.15) is 0 Å². The predicted octanol–water partition coefficient (Wildman–Crippen LogP) is 3.05. The number of hydrogen-bond donors (Lipinski definition) is 2. The van der Waals surface area contributed by atoms with Crippen LogP contribution in [-0.2, 0) is 19.4 Å². The Morgan fingerprint density at radius 3 is 3.17 bits per heavy atom. The van der Waals surface area contributed by atoms with Crippen LogP contribution in [0.3, 0.4) is 0 Å². The third-order valence-corrected chi connectivity index (χ3v) is 4.15. The Hall–Kier alpha value is -1.32. The molecule has 2 heterocycles. The molecule has 0 unspecified atom stereocenters. The molecule has 2 aromatic rings. The van der Waals surface area contributed by atoms with E-state index in [2.05, 4.69) is 45.7 Å². The van der Waals surface area contributed by atoms with Gasteiger partial charge >= 0.3 is 0 Å². The smallest absolute Gasteiger partial charge is 0.0419 e. The van der Waals surface area contributed by atoms with Crippen molar-refractivity contribution in [3.8, 4) is 0 Å². The first-order valence-electron chi connectivity index (χ1n) is 6.50. The number of benzene rings is 1. The van der Waals surface area contributed by atoms with Gasteiger partial charge in [0.2, 0.25) is 0 Å². The van der Waals surface area contributed by atoms with E-state index in [9.17, 15) is 0 Å². The number of nitrogens with one attached hydrogen (secondary N) is 2. The molecule has 1 aromatic heterocycles. The molecule has 0 spiro atoms. The molecule has 2 N–H and O–H groups in total. The van der Waals surface area contributed by atoms with Crippen LogP contribution in [0.15, 0.2) is 35.0 Å². The van der Waals surface area contributed by atoms with Crippen LogP contribution in [0.2, 0.25) is 0 Å². The molecule has 0 radical (unpaired) electrons. The Morgan fingerprint density at radius 2 is 2.28 bits per heavy atom. The molecule has 18 heavy (non-hydrogen) atoms. The largest absolute Gasteiger partial charge is 0.384 e. The summed E-state index contributed by atoms with van der Waals surface area (Å²) in [4.78, 5) is 0. The van der Waals surface area contributed by atoms with Crippen LogP contribution >= 0.6 is 11.3 Å². The van der Waals surface area contributed by atoms with Crippen LogP contribution in [0.5, 0.6) is 0 Å². The van der Waals surface area contributed by atoms with Crippen LogP contribution in [-0.4, -0.2) is 13.1 Å². The second-order valence-electron chi connectivity index (χ2n) is 4.69. The molecule has 1 aliphatic heterocycles. The summed E-state index contributed by atoms with van der Waals surface area (Å²) in [6, 6.07) is 8.81. The van der Waals surface area contributed by atoms with Crippen LogP contribution < -0.4 is 10.6 Å². The summed E-state index contributed by atoms with van der Waals surface area (Å²) >= 11 is 1.77. The maximum Gasteiger partial charge on any atom is 0.0419 e. The Bertz CT molecular complexity index is 505. The number of fused-ring (bicyclic) bond motifs is 1. The minimum Gasteiger partial charge on any atom is -0.384 e. The molecule has 0 saturated carbocycles. The fourth-order valence-electron chi connectivity index (χ4n) is 2.45. The predicted molar refractivity (Wildman–Crippen MR) is 78.4 cm³/mol. The van der Waals surface area contributed by atoms with Gasteiger partial charge in [-0.1, -0.05) is 18.2 Å². The van der Waals surface area contributed by atoms with E-state index in [4.69, 9.17) is 0 Å². The lowest BCUT2D eigenvalue weighted by atomic mass is 10.1. The topological polar surface area (TPSA) is 24.1 Å². The Kier molecular flexibility index (Phi) is 3.62. The zero-order valence-electron chi connectivity index (χ0n) is 10.4. The molecule has 3 heteroatoms. The molecule has 3 rings (SSSR count). The Morgan fingerprint density at radius 1 is 1.28 bits per heavy atom. The van der Waals surface area contributed by atoms with Crippen molar-refractivity contribution >= 4 is 17.0 Å². The lowest BCUT2D eigenvalue weighted by molar-refractivity contribution is 0.688. The van der Waals surface area contributed by atoms with Gasteiger partial charge in [-0.25, -0.2) is 0 Å². The average Bonchev–Trinajstić information content (AvgIpc) is 3.05.